The van der Waals surface area contributed by atoms with E-state index in [9.17, 15) is 10.2 Å². The number of aliphatic hydroxyl groups is 2. The third-order valence-electron chi connectivity index (χ3n) is 6.55. The first-order chi connectivity index (χ1) is 12.9. The molecule has 2 aliphatic carbocycles. The number of nitrogens with zero attached hydrogens (tertiary/aromatic N) is 1. The van der Waals surface area contributed by atoms with E-state index in [2.05, 4.69) is 45.0 Å². The number of allylic oxidation sites excluding steroid dienone is 2. The SMILES string of the molecule is CCCC[C@H](C)C[C@H](O)C=C[C@@H]1[C@H]2CC(CCCCN(C)C)=C[C@H]2C[C@H]1O. The summed E-state index contributed by atoms with van der Waals surface area (Å²) in [5.41, 5.74) is 1.60. The van der Waals surface area contributed by atoms with Crippen molar-refractivity contribution in [1.82, 2.24) is 4.90 Å². The highest BCUT2D eigenvalue weighted by molar-refractivity contribution is 5.21. The molecule has 0 heterocycles. The standard InChI is InChI=1S/C24H43NO2/c1-5-6-9-18(2)14-21(26)11-12-22-23-16-19(10-7-8-13-25(3)4)15-20(23)17-24(22)27/h11-12,15,18,20-24,26-27H,5-10,13-14,16-17H2,1-4H3/t18-,20-,21+,22+,23-,24+/m0/s1. The average Bonchev–Trinajstić information content (AvgIpc) is 3.11. The summed E-state index contributed by atoms with van der Waals surface area (Å²) in [7, 11) is 4.27. The molecule has 6 atom stereocenters. The van der Waals surface area contributed by atoms with Crippen LogP contribution in [0.3, 0.4) is 0 Å². The van der Waals surface area contributed by atoms with E-state index < -0.39 is 0 Å². The largest absolute Gasteiger partial charge is 0.392 e. The fourth-order valence-electron chi connectivity index (χ4n) is 4.99. The summed E-state index contributed by atoms with van der Waals surface area (Å²) in [4.78, 5) is 2.25. The summed E-state index contributed by atoms with van der Waals surface area (Å²) in [5, 5.41) is 20.9. The Kier molecular flexibility index (Phi) is 9.55. The molecule has 0 amide bonds. The Labute approximate surface area is 167 Å². The third kappa shape index (κ3) is 7.36. The molecule has 0 spiro atoms. The van der Waals surface area contributed by atoms with Crippen LogP contribution in [0.25, 0.3) is 0 Å². The lowest BCUT2D eigenvalue weighted by Gasteiger charge is -2.19. The molecule has 2 rings (SSSR count). The highest BCUT2D eigenvalue weighted by atomic mass is 16.3. The first-order valence-electron chi connectivity index (χ1n) is 11.3. The third-order valence-corrected chi connectivity index (χ3v) is 6.55. The van der Waals surface area contributed by atoms with Gasteiger partial charge in [0.25, 0.3) is 0 Å². The van der Waals surface area contributed by atoms with Crippen LogP contribution in [-0.4, -0.2) is 48.0 Å². The lowest BCUT2D eigenvalue weighted by molar-refractivity contribution is 0.139. The Morgan fingerprint density at radius 1 is 1.26 bits per heavy atom. The molecule has 0 bridgehead atoms. The molecule has 0 radical (unpaired) electrons. The van der Waals surface area contributed by atoms with Crippen LogP contribution in [0, 0.1) is 23.7 Å². The summed E-state index contributed by atoms with van der Waals surface area (Å²) in [6.07, 6.45) is 16.2. The Balaban J connectivity index is 1.78. The minimum atomic E-state index is -0.372. The van der Waals surface area contributed by atoms with Gasteiger partial charge in [0, 0.05) is 5.92 Å². The monoisotopic (exact) mass is 377 g/mol. The van der Waals surface area contributed by atoms with Crippen molar-refractivity contribution in [2.75, 3.05) is 20.6 Å². The number of fused-ring (bicyclic) bond motifs is 1. The van der Waals surface area contributed by atoms with Crippen molar-refractivity contribution >= 4 is 0 Å². The molecule has 0 saturated heterocycles. The number of hydrogen-bond donors (Lipinski definition) is 2. The maximum atomic E-state index is 10.5. The molecule has 0 unspecified atom stereocenters. The van der Waals surface area contributed by atoms with Crippen molar-refractivity contribution in [3.8, 4) is 0 Å². The first-order valence-corrected chi connectivity index (χ1v) is 11.3. The summed E-state index contributed by atoms with van der Waals surface area (Å²) >= 11 is 0. The van der Waals surface area contributed by atoms with Gasteiger partial charge in [-0.2, -0.15) is 0 Å². The van der Waals surface area contributed by atoms with E-state index in [0.29, 0.717) is 17.8 Å². The number of rotatable bonds is 12. The molecule has 3 heteroatoms. The van der Waals surface area contributed by atoms with Gasteiger partial charge < -0.3 is 15.1 Å². The predicted molar refractivity (Wildman–Crippen MR) is 115 cm³/mol. The summed E-state index contributed by atoms with van der Waals surface area (Å²) in [6.45, 7) is 5.61. The predicted octanol–water partition coefficient (Wildman–Crippen LogP) is 4.80. The first kappa shape index (κ1) is 22.6. The zero-order valence-corrected chi connectivity index (χ0v) is 18.1. The van der Waals surface area contributed by atoms with Crippen molar-refractivity contribution in [1.29, 1.82) is 0 Å². The Hall–Kier alpha value is -0.640. The quantitative estimate of drug-likeness (QED) is 0.379. The highest BCUT2D eigenvalue weighted by Gasteiger charge is 2.43. The average molecular weight is 378 g/mol. The van der Waals surface area contributed by atoms with Gasteiger partial charge in [0.1, 0.15) is 0 Å². The van der Waals surface area contributed by atoms with E-state index >= 15 is 0 Å². The number of unbranched alkanes of at least 4 members (excludes halogenated alkanes) is 2. The molecule has 0 aromatic rings. The Bertz CT molecular complexity index is 485. The second-order valence-corrected chi connectivity index (χ2v) is 9.43. The van der Waals surface area contributed by atoms with Crippen molar-refractivity contribution in [3.63, 3.8) is 0 Å². The molecule has 2 aliphatic rings. The van der Waals surface area contributed by atoms with Gasteiger partial charge in [-0.1, -0.05) is 56.9 Å². The van der Waals surface area contributed by atoms with Gasteiger partial charge in [0.15, 0.2) is 0 Å². The van der Waals surface area contributed by atoms with Crippen LogP contribution < -0.4 is 0 Å². The van der Waals surface area contributed by atoms with Crippen LogP contribution in [0.1, 0.15) is 71.6 Å². The zero-order valence-electron chi connectivity index (χ0n) is 18.1. The minimum absolute atomic E-state index is 0.214. The number of hydrogen-bond acceptors (Lipinski definition) is 3. The van der Waals surface area contributed by atoms with E-state index in [-0.39, 0.29) is 18.1 Å². The summed E-state index contributed by atoms with van der Waals surface area (Å²) < 4.78 is 0. The van der Waals surface area contributed by atoms with E-state index in [1.54, 1.807) is 5.57 Å². The zero-order chi connectivity index (χ0) is 19.8. The van der Waals surface area contributed by atoms with Crippen LogP contribution in [0.15, 0.2) is 23.8 Å². The van der Waals surface area contributed by atoms with Gasteiger partial charge in [-0.05, 0) is 76.9 Å². The lowest BCUT2D eigenvalue weighted by Crippen LogP contribution is -2.18. The maximum absolute atomic E-state index is 10.5. The second-order valence-electron chi connectivity index (χ2n) is 9.43. The summed E-state index contributed by atoms with van der Waals surface area (Å²) in [5.74, 6) is 1.86. The van der Waals surface area contributed by atoms with Crippen LogP contribution in [0.2, 0.25) is 0 Å². The van der Waals surface area contributed by atoms with Crippen molar-refractivity contribution in [2.24, 2.45) is 23.7 Å². The summed E-state index contributed by atoms with van der Waals surface area (Å²) in [6, 6.07) is 0. The molecular weight excluding hydrogens is 334 g/mol. The number of aliphatic hydroxyl groups excluding tert-OH is 2. The van der Waals surface area contributed by atoms with Gasteiger partial charge in [0.05, 0.1) is 12.2 Å². The van der Waals surface area contributed by atoms with Crippen molar-refractivity contribution in [2.45, 2.75) is 83.8 Å². The molecule has 0 aromatic carbocycles. The van der Waals surface area contributed by atoms with Crippen LogP contribution in [0.5, 0.6) is 0 Å². The molecular formula is C24H43NO2. The fourth-order valence-corrected chi connectivity index (χ4v) is 4.99. The van der Waals surface area contributed by atoms with Crippen LogP contribution in [0.4, 0.5) is 0 Å². The van der Waals surface area contributed by atoms with E-state index in [1.165, 1.54) is 45.1 Å². The minimum Gasteiger partial charge on any atom is -0.392 e. The molecule has 0 aromatic heterocycles. The normalized spacial score (nSPS) is 30.1. The lowest BCUT2D eigenvalue weighted by atomic mass is 9.88. The molecule has 0 aliphatic heterocycles. The van der Waals surface area contributed by atoms with Gasteiger partial charge in [-0.3, -0.25) is 0 Å². The Morgan fingerprint density at radius 2 is 2.04 bits per heavy atom. The molecule has 3 nitrogen and oxygen atoms in total. The van der Waals surface area contributed by atoms with Crippen LogP contribution >= 0.6 is 0 Å². The molecule has 156 valence electrons. The van der Waals surface area contributed by atoms with E-state index in [4.69, 9.17) is 0 Å². The van der Waals surface area contributed by atoms with Crippen molar-refractivity contribution in [3.05, 3.63) is 23.8 Å². The molecule has 1 saturated carbocycles. The van der Waals surface area contributed by atoms with E-state index in [1.807, 2.05) is 6.08 Å². The van der Waals surface area contributed by atoms with Gasteiger partial charge >= 0.3 is 0 Å². The van der Waals surface area contributed by atoms with Crippen molar-refractivity contribution < 1.29 is 10.2 Å². The Morgan fingerprint density at radius 3 is 2.74 bits per heavy atom. The topological polar surface area (TPSA) is 43.7 Å². The van der Waals surface area contributed by atoms with Gasteiger partial charge in [-0.25, -0.2) is 0 Å². The fraction of sp³-hybridized carbons (Fsp3) is 0.833. The van der Waals surface area contributed by atoms with Crippen LogP contribution in [-0.2, 0) is 0 Å². The smallest absolute Gasteiger partial charge is 0.0723 e. The van der Waals surface area contributed by atoms with Gasteiger partial charge in [-0.15, -0.1) is 0 Å². The van der Waals surface area contributed by atoms with Gasteiger partial charge in [0.2, 0.25) is 0 Å². The molecule has 1 fully saturated rings. The molecule has 27 heavy (non-hydrogen) atoms. The highest BCUT2D eigenvalue weighted by Crippen LogP contribution is 2.48. The maximum Gasteiger partial charge on any atom is 0.0723 e. The second kappa shape index (κ2) is 11.4. The van der Waals surface area contributed by atoms with E-state index in [0.717, 1.165) is 19.3 Å². The molecule has 2 N–H and O–H groups in total.